The van der Waals surface area contributed by atoms with Crippen LogP contribution in [0.3, 0.4) is 0 Å². The molecule has 4 rings (SSSR count). The topological polar surface area (TPSA) is 63.6 Å². The van der Waals surface area contributed by atoms with Gasteiger partial charge in [-0.1, -0.05) is 60.7 Å². The third-order valence-electron chi connectivity index (χ3n) is 5.19. The maximum atomic E-state index is 13.2. The average Bonchev–Trinajstić information content (AvgIpc) is 2.71. The van der Waals surface area contributed by atoms with Crippen molar-refractivity contribution in [3.05, 3.63) is 71.8 Å². The first kappa shape index (κ1) is 20.9. The van der Waals surface area contributed by atoms with Crippen molar-refractivity contribution in [2.75, 3.05) is 6.61 Å². The minimum absolute atomic E-state index is 0.297. The lowest BCUT2D eigenvalue weighted by atomic mass is 9.91. The Morgan fingerprint density at radius 3 is 1.77 bits per heavy atom. The molecule has 0 fully saturated rings. The van der Waals surface area contributed by atoms with Crippen LogP contribution in [-0.2, 0) is 26.3 Å². The molecule has 4 aromatic carbocycles. The van der Waals surface area contributed by atoms with Gasteiger partial charge in [-0.05, 0) is 53.4 Å². The molecule has 0 saturated heterocycles. The second-order valence-electron chi connectivity index (χ2n) is 7.13. The Balaban J connectivity index is 2.29. The number of aryl methyl sites for hydroxylation is 2. The smallest absolute Gasteiger partial charge is 0.190 e. The summed E-state index contributed by atoms with van der Waals surface area (Å²) in [4.78, 5) is 0.872. The van der Waals surface area contributed by atoms with Gasteiger partial charge in [-0.3, -0.25) is 4.18 Å². The molecule has 0 bridgehead atoms. The quantitative estimate of drug-likeness (QED) is 0.393. The summed E-state index contributed by atoms with van der Waals surface area (Å²) in [5, 5.41) is 3.64. The Hall–Kier alpha value is -2.38. The van der Waals surface area contributed by atoms with Gasteiger partial charge < -0.3 is 4.55 Å². The lowest BCUT2D eigenvalue weighted by Crippen LogP contribution is -2.06. The Bertz CT molecular complexity index is 1330. The van der Waals surface area contributed by atoms with Crippen LogP contribution in [0.25, 0.3) is 32.7 Å². The van der Waals surface area contributed by atoms with E-state index in [4.69, 9.17) is 4.18 Å². The van der Waals surface area contributed by atoms with Crippen LogP contribution >= 0.6 is 0 Å². The first-order valence-electron chi connectivity index (χ1n) is 9.65. The number of hydrogen-bond acceptors (Lipinski definition) is 3. The molecule has 0 aromatic heterocycles. The van der Waals surface area contributed by atoms with Crippen LogP contribution in [0.15, 0.2) is 70.5 Å². The molecule has 2 atom stereocenters. The van der Waals surface area contributed by atoms with E-state index in [2.05, 4.69) is 0 Å². The van der Waals surface area contributed by atoms with Crippen molar-refractivity contribution in [1.29, 1.82) is 0 Å². The summed E-state index contributed by atoms with van der Waals surface area (Å²) in [6.07, 6.45) is 0. The van der Waals surface area contributed by atoms with E-state index >= 15 is 0 Å². The maximum absolute atomic E-state index is 13.2. The second kappa shape index (κ2) is 8.40. The van der Waals surface area contributed by atoms with Gasteiger partial charge in [0.05, 0.1) is 16.4 Å². The number of rotatable bonds is 5. The van der Waals surface area contributed by atoms with Crippen LogP contribution in [0.5, 0.6) is 0 Å². The third-order valence-corrected chi connectivity index (χ3v) is 7.38. The largest absolute Gasteiger partial charge is 0.302 e. The summed E-state index contributed by atoms with van der Waals surface area (Å²) in [6, 6.07) is 19.5. The van der Waals surface area contributed by atoms with Crippen LogP contribution in [0.1, 0.15) is 18.1 Å². The Morgan fingerprint density at radius 1 is 0.800 bits per heavy atom. The SMILES string of the molecule is CCOS(=O)c1c(C)cc2ccccc2c1-c1c(S(=O)O)c(C)cc2ccccc12. The fraction of sp³-hybridized carbons (Fsp3) is 0.167. The normalized spacial score (nSPS) is 13.6. The van der Waals surface area contributed by atoms with Gasteiger partial charge in [0.2, 0.25) is 0 Å². The highest BCUT2D eigenvalue weighted by Crippen LogP contribution is 2.43. The molecule has 0 spiro atoms. The highest BCUT2D eigenvalue weighted by molar-refractivity contribution is 7.80. The lowest BCUT2D eigenvalue weighted by Gasteiger charge is -2.20. The fourth-order valence-electron chi connectivity index (χ4n) is 4.04. The van der Waals surface area contributed by atoms with Crippen LogP contribution in [-0.4, -0.2) is 19.6 Å². The Morgan fingerprint density at radius 2 is 1.27 bits per heavy atom. The Kier molecular flexibility index (Phi) is 5.84. The maximum Gasteiger partial charge on any atom is 0.190 e. The molecule has 0 saturated carbocycles. The molecule has 0 aliphatic rings. The number of fused-ring (bicyclic) bond motifs is 2. The van der Waals surface area contributed by atoms with Crippen molar-refractivity contribution in [2.45, 2.75) is 30.6 Å². The van der Waals surface area contributed by atoms with Gasteiger partial charge in [0.1, 0.15) is 0 Å². The zero-order valence-electron chi connectivity index (χ0n) is 17.0. The molecule has 0 radical (unpaired) electrons. The summed E-state index contributed by atoms with van der Waals surface area (Å²) < 4.78 is 41.4. The number of benzene rings is 4. The average molecular weight is 439 g/mol. The zero-order valence-corrected chi connectivity index (χ0v) is 18.6. The molecule has 4 nitrogen and oxygen atoms in total. The van der Waals surface area contributed by atoms with Crippen molar-refractivity contribution in [1.82, 2.24) is 0 Å². The van der Waals surface area contributed by atoms with Crippen molar-refractivity contribution < 1.29 is 17.2 Å². The van der Waals surface area contributed by atoms with Gasteiger partial charge in [-0.15, -0.1) is 0 Å². The molecule has 4 aromatic rings. The van der Waals surface area contributed by atoms with Crippen molar-refractivity contribution >= 4 is 43.7 Å². The molecule has 0 aliphatic carbocycles. The molecule has 0 aliphatic heterocycles. The van der Waals surface area contributed by atoms with Gasteiger partial charge in [0.25, 0.3) is 0 Å². The predicted octanol–water partition coefficient (Wildman–Crippen LogP) is 5.92. The summed E-state index contributed by atoms with van der Waals surface area (Å²) in [6.45, 7) is 5.82. The van der Waals surface area contributed by atoms with E-state index in [1.54, 1.807) is 6.92 Å². The van der Waals surface area contributed by atoms with E-state index in [9.17, 15) is 13.0 Å². The standard InChI is InChI=1S/C24H22O4S2/c1-4-28-30(27)24-16(3)14-18-10-6-8-12-20(18)22(24)21-19-11-7-5-9-17(19)13-15(2)23(21)29(25)26/h5-14H,4H2,1-3H3,(H,25,26). The van der Waals surface area contributed by atoms with Crippen LogP contribution in [0.2, 0.25) is 0 Å². The molecule has 0 amide bonds. The molecular formula is C24H22O4S2. The second-order valence-corrected chi connectivity index (χ2v) is 9.15. The monoisotopic (exact) mass is 438 g/mol. The third kappa shape index (κ3) is 3.50. The van der Waals surface area contributed by atoms with Gasteiger partial charge in [0.15, 0.2) is 22.2 Å². The number of hydrogen-bond donors (Lipinski definition) is 1. The van der Waals surface area contributed by atoms with E-state index < -0.39 is 22.2 Å². The van der Waals surface area contributed by atoms with Crippen molar-refractivity contribution in [3.63, 3.8) is 0 Å². The fourth-order valence-corrected chi connectivity index (χ4v) is 5.79. The highest BCUT2D eigenvalue weighted by atomic mass is 32.2. The van der Waals surface area contributed by atoms with Crippen molar-refractivity contribution in [3.8, 4) is 11.1 Å². The zero-order chi connectivity index (χ0) is 21.4. The minimum atomic E-state index is -2.22. The molecule has 30 heavy (non-hydrogen) atoms. The van der Waals surface area contributed by atoms with E-state index in [0.717, 1.165) is 27.1 Å². The van der Waals surface area contributed by atoms with E-state index in [1.165, 1.54) is 0 Å². The highest BCUT2D eigenvalue weighted by Gasteiger charge is 2.25. The predicted molar refractivity (Wildman–Crippen MR) is 123 cm³/mol. The minimum Gasteiger partial charge on any atom is -0.302 e. The lowest BCUT2D eigenvalue weighted by molar-refractivity contribution is 0.371. The van der Waals surface area contributed by atoms with E-state index in [-0.39, 0.29) is 0 Å². The molecule has 154 valence electrons. The first-order chi connectivity index (χ1) is 14.4. The first-order valence-corrected chi connectivity index (χ1v) is 11.8. The van der Waals surface area contributed by atoms with Gasteiger partial charge in [-0.25, -0.2) is 8.42 Å². The van der Waals surface area contributed by atoms with Crippen molar-refractivity contribution in [2.24, 2.45) is 0 Å². The summed E-state index contributed by atoms with van der Waals surface area (Å²) in [5.74, 6) is 0. The summed E-state index contributed by atoms with van der Waals surface area (Å²) in [7, 11) is 0. The van der Waals surface area contributed by atoms with Gasteiger partial charge in [-0.2, -0.15) is 0 Å². The van der Waals surface area contributed by atoms with E-state index in [1.807, 2.05) is 74.5 Å². The summed E-state index contributed by atoms with van der Waals surface area (Å²) in [5.41, 5.74) is 2.85. The molecule has 1 N–H and O–H groups in total. The van der Waals surface area contributed by atoms with Crippen LogP contribution in [0, 0.1) is 13.8 Å². The van der Waals surface area contributed by atoms with E-state index in [0.29, 0.717) is 33.1 Å². The molecule has 6 heteroatoms. The molecular weight excluding hydrogens is 416 g/mol. The van der Waals surface area contributed by atoms with Crippen LogP contribution < -0.4 is 0 Å². The Labute approximate surface area is 180 Å². The van der Waals surface area contributed by atoms with Crippen LogP contribution in [0.4, 0.5) is 0 Å². The molecule has 2 unspecified atom stereocenters. The molecule has 0 heterocycles. The van der Waals surface area contributed by atoms with Gasteiger partial charge >= 0.3 is 0 Å². The summed E-state index contributed by atoms with van der Waals surface area (Å²) >= 11 is -3.94. The van der Waals surface area contributed by atoms with Gasteiger partial charge in [0, 0.05) is 11.1 Å².